The molecule has 0 spiro atoms. The largest absolute Gasteiger partial charge is 2.00 e. The molecule has 0 bridgehead atoms. The third-order valence-electron chi connectivity index (χ3n) is 1.61. The number of rotatable bonds is 0. The van der Waals surface area contributed by atoms with Crippen LogP contribution >= 0.6 is 0 Å². The van der Waals surface area contributed by atoms with Gasteiger partial charge in [-0.15, -0.1) is 18.1 Å². The predicted octanol–water partition coefficient (Wildman–Crippen LogP) is -1.32. The molecular weight excluding hydrogens is 212 g/mol. The van der Waals surface area contributed by atoms with Gasteiger partial charge in [-0.05, 0) is 0 Å². The molecule has 0 unspecified atom stereocenters. The summed E-state index contributed by atoms with van der Waals surface area (Å²) >= 11 is 0. The summed E-state index contributed by atoms with van der Waals surface area (Å²) in [4.78, 5) is 0. The summed E-state index contributed by atoms with van der Waals surface area (Å²) in [6, 6.07) is 8.39. The molecule has 2 rings (SSSR count). The standard InChI is InChI=1S/C9H7.BrH.Mg/c1-2-5-9-7-3-6-8(9)4-1;;/h1-2,4-6H,7H2;1H;/q-1;;+2/p-1. The minimum Gasteiger partial charge on any atom is -1.00 e. The maximum absolute atomic E-state index is 3.16. The van der Waals surface area contributed by atoms with Crippen LogP contribution in [0.25, 0.3) is 6.08 Å². The van der Waals surface area contributed by atoms with E-state index in [-0.39, 0.29) is 40.0 Å². The van der Waals surface area contributed by atoms with Crippen LogP contribution in [-0.2, 0) is 6.42 Å². The molecule has 0 fully saturated rings. The van der Waals surface area contributed by atoms with Crippen LogP contribution in [0.4, 0.5) is 0 Å². The van der Waals surface area contributed by atoms with E-state index in [0.29, 0.717) is 0 Å². The summed E-state index contributed by atoms with van der Waals surface area (Å²) in [5.74, 6) is 0. The van der Waals surface area contributed by atoms with Gasteiger partial charge >= 0.3 is 23.1 Å². The van der Waals surface area contributed by atoms with Crippen LogP contribution in [0.15, 0.2) is 24.3 Å². The molecule has 2 heteroatoms. The Kier molecular flexibility index (Phi) is 5.05. The van der Waals surface area contributed by atoms with Gasteiger partial charge in [0.05, 0.1) is 0 Å². The molecular formula is C9H7BrMg. The molecule has 1 aliphatic rings. The number of halogens is 1. The van der Waals surface area contributed by atoms with Crippen molar-refractivity contribution >= 4 is 29.1 Å². The van der Waals surface area contributed by atoms with Gasteiger partial charge in [-0.3, -0.25) is 6.08 Å². The van der Waals surface area contributed by atoms with E-state index in [2.05, 4.69) is 36.4 Å². The molecule has 0 heterocycles. The Hall–Kier alpha value is 0.206. The quantitative estimate of drug-likeness (QED) is 0.375. The smallest absolute Gasteiger partial charge is 1.00 e. The van der Waals surface area contributed by atoms with Gasteiger partial charge in [0, 0.05) is 0 Å². The Morgan fingerprint density at radius 3 is 2.64 bits per heavy atom. The van der Waals surface area contributed by atoms with E-state index < -0.39 is 0 Å². The van der Waals surface area contributed by atoms with Crippen molar-refractivity contribution in [3.63, 3.8) is 0 Å². The third-order valence-corrected chi connectivity index (χ3v) is 1.61. The summed E-state index contributed by atoms with van der Waals surface area (Å²) in [6.07, 6.45) is 6.21. The van der Waals surface area contributed by atoms with Crippen LogP contribution in [0.1, 0.15) is 11.1 Å². The van der Waals surface area contributed by atoms with E-state index in [4.69, 9.17) is 0 Å². The summed E-state index contributed by atoms with van der Waals surface area (Å²) in [5.41, 5.74) is 2.73. The molecule has 0 saturated carbocycles. The summed E-state index contributed by atoms with van der Waals surface area (Å²) in [7, 11) is 0. The van der Waals surface area contributed by atoms with Gasteiger partial charge in [-0.1, -0.05) is 18.2 Å². The Bertz CT molecular complexity index is 255. The van der Waals surface area contributed by atoms with Crippen LogP contribution in [0.2, 0.25) is 0 Å². The van der Waals surface area contributed by atoms with E-state index in [0.717, 1.165) is 6.42 Å². The predicted molar refractivity (Wildman–Crippen MR) is 43.6 cm³/mol. The molecule has 0 aromatic heterocycles. The molecule has 1 aromatic carbocycles. The molecule has 0 nitrogen and oxygen atoms in total. The van der Waals surface area contributed by atoms with E-state index in [1.54, 1.807) is 0 Å². The van der Waals surface area contributed by atoms with Gasteiger partial charge in [0.1, 0.15) is 0 Å². The molecule has 11 heavy (non-hydrogen) atoms. The minimum atomic E-state index is 0. The fourth-order valence-electron chi connectivity index (χ4n) is 1.11. The average Bonchev–Trinajstić information content (AvgIpc) is 2.33. The second-order valence-electron chi connectivity index (χ2n) is 2.22. The van der Waals surface area contributed by atoms with Crippen LogP contribution in [0.5, 0.6) is 0 Å². The van der Waals surface area contributed by atoms with Crippen molar-refractivity contribution in [3.8, 4) is 0 Å². The van der Waals surface area contributed by atoms with Gasteiger partial charge in [-0.2, -0.15) is 5.56 Å². The molecule has 1 aliphatic carbocycles. The van der Waals surface area contributed by atoms with Gasteiger partial charge in [0.25, 0.3) is 0 Å². The van der Waals surface area contributed by atoms with Crippen LogP contribution < -0.4 is 17.0 Å². The minimum absolute atomic E-state index is 0. The molecule has 0 amide bonds. The zero-order valence-corrected chi connectivity index (χ0v) is 9.18. The molecule has 0 atom stereocenters. The molecule has 1 aromatic rings. The fraction of sp³-hybridized carbons (Fsp3) is 0.111. The first-order valence-electron chi connectivity index (χ1n) is 3.11. The zero-order valence-electron chi connectivity index (χ0n) is 6.18. The number of hydrogen-bond acceptors (Lipinski definition) is 0. The van der Waals surface area contributed by atoms with Gasteiger partial charge in [0.2, 0.25) is 0 Å². The Balaban J connectivity index is 0.000000500. The SMILES string of the molecule is [Br-].[C-]1=Cc2ccccc2C1.[Mg+2]. The summed E-state index contributed by atoms with van der Waals surface area (Å²) in [5, 5.41) is 0. The van der Waals surface area contributed by atoms with Gasteiger partial charge in [-0.25, -0.2) is 6.08 Å². The van der Waals surface area contributed by atoms with Crippen LogP contribution in [0.3, 0.4) is 0 Å². The monoisotopic (exact) mass is 218 g/mol. The summed E-state index contributed by atoms with van der Waals surface area (Å²) < 4.78 is 0. The van der Waals surface area contributed by atoms with Crippen LogP contribution in [-0.4, -0.2) is 23.1 Å². The zero-order chi connectivity index (χ0) is 6.10. The van der Waals surface area contributed by atoms with Crippen molar-refractivity contribution in [1.82, 2.24) is 0 Å². The second-order valence-corrected chi connectivity index (χ2v) is 2.22. The Morgan fingerprint density at radius 1 is 1.18 bits per heavy atom. The summed E-state index contributed by atoms with van der Waals surface area (Å²) in [6.45, 7) is 0. The number of benzene rings is 1. The van der Waals surface area contributed by atoms with E-state index in [1.807, 2.05) is 0 Å². The van der Waals surface area contributed by atoms with Crippen molar-refractivity contribution < 1.29 is 17.0 Å². The topological polar surface area (TPSA) is 0 Å². The van der Waals surface area contributed by atoms with Crippen molar-refractivity contribution in [2.45, 2.75) is 6.42 Å². The van der Waals surface area contributed by atoms with Crippen molar-refractivity contribution in [2.75, 3.05) is 0 Å². The van der Waals surface area contributed by atoms with E-state index >= 15 is 0 Å². The van der Waals surface area contributed by atoms with Crippen molar-refractivity contribution in [3.05, 3.63) is 41.5 Å². The molecule has 0 saturated heterocycles. The fourth-order valence-corrected chi connectivity index (χ4v) is 1.11. The first kappa shape index (κ1) is 11.2. The molecule has 52 valence electrons. The van der Waals surface area contributed by atoms with E-state index in [1.165, 1.54) is 11.1 Å². The maximum Gasteiger partial charge on any atom is 2.00 e. The van der Waals surface area contributed by atoms with Crippen LogP contribution in [0, 0.1) is 6.08 Å². The first-order valence-corrected chi connectivity index (χ1v) is 3.11. The normalized spacial score (nSPS) is 11.3. The maximum atomic E-state index is 3.16. The Morgan fingerprint density at radius 2 is 1.91 bits per heavy atom. The number of hydrogen-bond donors (Lipinski definition) is 0. The van der Waals surface area contributed by atoms with E-state index in [9.17, 15) is 0 Å². The van der Waals surface area contributed by atoms with Crippen molar-refractivity contribution in [2.24, 2.45) is 0 Å². The molecule has 0 aliphatic heterocycles. The van der Waals surface area contributed by atoms with Gasteiger partial charge < -0.3 is 17.0 Å². The molecule has 0 radical (unpaired) electrons. The third kappa shape index (κ3) is 2.32. The molecule has 0 N–H and O–H groups in total. The first-order chi connectivity index (χ1) is 4.47. The second kappa shape index (κ2) is 4.96. The number of fused-ring (bicyclic) bond motifs is 1. The van der Waals surface area contributed by atoms with Gasteiger partial charge in [0.15, 0.2) is 0 Å². The Labute approximate surface area is 93.6 Å². The number of allylic oxidation sites excluding steroid dienone is 1. The average molecular weight is 219 g/mol. The van der Waals surface area contributed by atoms with Crippen molar-refractivity contribution in [1.29, 1.82) is 0 Å².